The molecule has 0 aromatic heterocycles. The Kier molecular flexibility index (Phi) is 8.21. The van der Waals surface area contributed by atoms with Gasteiger partial charge in [0, 0.05) is 44.7 Å². The maximum absolute atomic E-state index is 12.2. The monoisotopic (exact) mass is 397 g/mol. The molecule has 29 heavy (non-hydrogen) atoms. The van der Waals surface area contributed by atoms with Crippen molar-refractivity contribution in [2.24, 2.45) is 0 Å². The lowest BCUT2D eigenvalue weighted by molar-refractivity contribution is -0.129. The summed E-state index contributed by atoms with van der Waals surface area (Å²) < 4.78 is 5.14. The zero-order valence-electron chi connectivity index (χ0n) is 17.0. The van der Waals surface area contributed by atoms with Gasteiger partial charge in [0.2, 0.25) is 17.7 Å². The van der Waals surface area contributed by atoms with Crippen molar-refractivity contribution in [1.82, 2.24) is 4.90 Å². The van der Waals surface area contributed by atoms with E-state index in [1.54, 1.807) is 36.3 Å². The molecule has 0 aliphatic carbocycles. The maximum atomic E-state index is 12.2. The topological polar surface area (TPSA) is 87.7 Å². The van der Waals surface area contributed by atoms with Crippen LogP contribution < -0.4 is 15.4 Å². The van der Waals surface area contributed by atoms with Gasteiger partial charge in [-0.3, -0.25) is 14.4 Å². The number of anilines is 2. The first-order valence-corrected chi connectivity index (χ1v) is 9.43. The largest absolute Gasteiger partial charge is 0.497 e. The van der Waals surface area contributed by atoms with Crippen molar-refractivity contribution < 1.29 is 19.1 Å². The van der Waals surface area contributed by atoms with Crippen LogP contribution in [0.1, 0.15) is 25.8 Å². The molecule has 0 fully saturated rings. The van der Waals surface area contributed by atoms with E-state index in [9.17, 15) is 14.4 Å². The van der Waals surface area contributed by atoms with Gasteiger partial charge in [-0.15, -0.1) is 0 Å². The highest BCUT2D eigenvalue weighted by atomic mass is 16.5. The van der Waals surface area contributed by atoms with E-state index in [2.05, 4.69) is 10.6 Å². The molecule has 0 atom stereocenters. The zero-order chi connectivity index (χ0) is 21.2. The van der Waals surface area contributed by atoms with Gasteiger partial charge in [-0.1, -0.05) is 12.1 Å². The predicted octanol–water partition coefficient (Wildman–Crippen LogP) is 3.07. The number of amides is 3. The molecule has 0 aliphatic heterocycles. The minimum atomic E-state index is -0.173. The van der Waals surface area contributed by atoms with Crippen molar-refractivity contribution in [3.8, 4) is 5.75 Å². The van der Waals surface area contributed by atoms with Crippen LogP contribution >= 0.6 is 0 Å². The first-order chi connectivity index (χ1) is 13.9. The molecule has 7 nitrogen and oxygen atoms in total. The molecule has 0 spiro atoms. The zero-order valence-corrected chi connectivity index (χ0v) is 17.0. The van der Waals surface area contributed by atoms with Crippen LogP contribution in [0.5, 0.6) is 5.75 Å². The van der Waals surface area contributed by atoms with Crippen molar-refractivity contribution in [3.05, 3.63) is 54.1 Å². The smallest absolute Gasteiger partial charge is 0.226 e. The highest BCUT2D eigenvalue weighted by molar-refractivity contribution is 5.92. The van der Waals surface area contributed by atoms with Gasteiger partial charge in [-0.25, -0.2) is 0 Å². The number of carbonyl (C=O) groups excluding carboxylic acids is 3. The summed E-state index contributed by atoms with van der Waals surface area (Å²) in [5.41, 5.74) is 2.40. The Hall–Kier alpha value is -3.35. The lowest BCUT2D eigenvalue weighted by Crippen LogP contribution is -2.33. The van der Waals surface area contributed by atoms with E-state index in [0.717, 1.165) is 11.3 Å². The first-order valence-electron chi connectivity index (χ1n) is 9.43. The van der Waals surface area contributed by atoms with E-state index in [4.69, 9.17) is 4.74 Å². The molecule has 0 aliphatic rings. The average Bonchev–Trinajstić information content (AvgIpc) is 2.69. The number of nitrogens with zero attached hydrogens (tertiary/aromatic N) is 1. The Morgan fingerprint density at radius 3 is 1.97 bits per heavy atom. The minimum absolute atomic E-state index is 0.0639. The molecule has 0 unspecified atom stereocenters. The van der Waals surface area contributed by atoms with Crippen LogP contribution in [0.4, 0.5) is 11.4 Å². The highest BCUT2D eigenvalue weighted by Gasteiger charge is 2.12. The highest BCUT2D eigenvalue weighted by Crippen LogP contribution is 2.14. The third-order valence-corrected chi connectivity index (χ3v) is 4.37. The molecule has 2 rings (SSSR count). The lowest BCUT2D eigenvalue weighted by atomic mass is 10.1. The minimum Gasteiger partial charge on any atom is -0.497 e. The molecule has 0 heterocycles. The number of ether oxygens (including phenoxy) is 1. The average molecular weight is 397 g/mol. The normalized spacial score (nSPS) is 10.2. The Bertz CT molecular complexity index is 832. The fraction of sp³-hybridized carbons (Fsp3) is 0.318. The Morgan fingerprint density at radius 1 is 0.862 bits per heavy atom. The second-order valence-corrected chi connectivity index (χ2v) is 6.66. The van der Waals surface area contributed by atoms with Gasteiger partial charge in [0.15, 0.2) is 0 Å². The van der Waals surface area contributed by atoms with E-state index in [-0.39, 0.29) is 24.1 Å². The number of benzene rings is 2. The van der Waals surface area contributed by atoms with Crippen LogP contribution in [0.2, 0.25) is 0 Å². The van der Waals surface area contributed by atoms with Gasteiger partial charge in [0.1, 0.15) is 5.75 Å². The summed E-state index contributed by atoms with van der Waals surface area (Å²) in [5, 5.41) is 5.47. The molecule has 7 heteroatoms. The number of hydrogen-bond acceptors (Lipinski definition) is 4. The Morgan fingerprint density at radius 2 is 1.45 bits per heavy atom. The lowest BCUT2D eigenvalue weighted by Gasteiger charge is -2.21. The van der Waals surface area contributed by atoms with Gasteiger partial charge in [-0.2, -0.15) is 0 Å². The van der Waals surface area contributed by atoms with Crippen molar-refractivity contribution in [2.75, 3.05) is 30.8 Å². The summed E-state index contributed by atoms with van der Waals surface area (Å²) in [6, 6.07) is 14.6. The fourth-order valence-corrected chi connectivity index (χ4v) is 2.78. The molecular formula is C22H27N3O4. The molecule has 2 aromatic rings. The Labute approximate surface area is 171 Å². The maximum Gasteiger partial charge on any atom is 0.226 e. The number of nitrogens with one attached hydrogen (secondary N) is 2. The van der Waals surface area contributed by atoms with Crippen molar-refractivity contribution in [2.45, 2.75) is 26.7 Å². The number of rotatable bonds is 9. The quantitative estimate of drug-likeness (QED) is 0.681. The molecule has 0 radical (unpaired) electrons. The van der Waals surface area contributed by atoms with Gasteiger partial charge in [0.25, 0.3) is 0 Å². The summed E-state index contributed by atoms with van der Waals surface area (Å²) in [6.07, 6.45) is 0.908. The van der Waals surface area contributed by atoms with Crippen LogP contribution in [-0.2, 0) is 20.8 Å². The van der Waals surface area contributed by atoms with E-state index in [1.807, 2.05) is 24.3 Å². The molecule has 154 valence electrons. The second kappa shape index (κ2) is 10.8. The predicted molar refractivity (Wildman–Crippen MR) is 113 cm³/mol. The summed E-state index contributed by atoms with van der Waals surface area (Å²) in [4.78, 5) is 36.8. The van der Waals surface area contributed by atoms with Crippen LogP contribution in [0.15, 0.2) is 48.5 Å². The number of carbonyl (C=O) groups is 3. The van der Waals surface area contributed by atoms with Crippen molar-refractivity contribution in [3.63, 3.8) is 0 Å². The standard InChI is InChI=1S/C22H27N3O4/c1-16(26)23-19-6-8-20(9-7-19)24-22(28)13-15-25(17(2)27)14-12-18-4-10-21(29-3)11-5-18/h4-11H,12-15H2,1-3H3,(H,23,26)(H,24,28). The van der Waals surface area contributed by atoms with E-state index < -0.39 is 0 Å². The third-order valence-electron chi connectivity index (χ3n) is 4.37. The molecule has 2 aromatic carbocycles. The molecule has 0 bridgehead atoms. The summed E-state index contributed by atoms with van der Waals surface area (Å²) in [7, 11) is 1.62. The van der Waals surface area contributed by atoms with Gasteiger partial charge in [-0.05, 0) is 48.4 Å². The van der Waals surface area contributed by atoms with Crippen LogP contribution in [0, 0.1) is 0 Å². The first kappa shape index (κ1) is 21.9. The molecule has 0 saturated carbocycles. The molecular weight excluding hydrogens is 370 g/mol. The van der Waals surface area contributed by atoms with Gasteiger partial charge >= 0.3 is 0 Å². The van der Waals surface area contributed by atoms with Gasteiger partial charge in [0.05, 0.1) is 7.11 Å². The SMILES string of the molecule is COc1ccc(CCN(CCC(=O)Nc2ccc(NC(C)=O)cc2)C(C)=O)cc1. The van der Waals surface area contributed by atoms with Crippen molar-refractivity contribution >= 4 is 29.1 Å². The summed E-state index contributed by atoms with van der Waals surface area (Å²) in [5.74, 6) is 0.402. The fourth-order valence-electron chi connectivity index (χ4n) is 2.78. The van der Waals surface area contributed by atoms with E-state index in [1.165, 1.54) is 13.8 Å². The summed E-state index contributed by atoms with van der Waals surface area (Å²) >= 11 is 0. The van der Waals surface area contributed by atoms with Gasteiger partial charge < -0.3 is 20.3 Å². The Balaban J connectivity index is 1.81. The molecule has 3 amide bonds. The second-order valence-electron chi connectivity index (χ2n) is 6.66. The van der Waals surface area contributed by atoms with Crippen molar-refractivity contribution in [1.29, 1.82) is 0 Å². The third kappa shape index (κ3) is 7.65. The van der Waals surface area contributed by atoms with Crippen LogP contribution in [0.3, 0.4) is 0 Å². The van der Waals surface area contributed by atoms with E-state index >= 15 is 0 Å². The van der Waals surface area contributed by atoms with Crippen LogP contribution in [-0.4, -0.2) is 42.8 Å². The number of methoxy groups -OCH3 is 1. The number of hydrogen-bond donors (Lipinski definition) is 2. The van der Waals surface area contributed by atoms with E-state index in [0.29, 0.717) is 30.9 Å². The van der Waals surface area contributed by atoms with Crippen LogP contribution in [0.25, 0.3) is 0 Å². The summed E-state index contributed by atoms with van der Waals surface area (Å²) in [6.45, 7) is 3.83. The molecule has 2 N–H and O–H groups in total. The molecule has 0 saturated heterocycles.